The molecule has 2 aromatic rings. The van der Waals surface area contributed by atoms with Crippen LogP contribution in [0.15, 0.2) is 45.5 Å². The number of benzene rings is 1. The SMILES string of the molecule is O=C(O)CCc1ccccc1NC(=O)c1ccc(Br)o1. The van der Waals surface area contributed by atoms with Crippen LogP contribution in [0.5, 0.6) is 0 Å². The van der Waals surface area contributed by atoms with Crippen LogP contribution in [0.3, 0.4) is 0 Å². The summed E-state index contributed by atoms with van der Waals surface area (Å²) in [6.45, 7) is 0. The van der Waals surface area contributed by atoms with Crippen molar-refractivity contribution in [2.24, 2.45) is 0 Å². The lowest BCUT2D eigenvalue weighted by molar-refractivity contribution is -0.136. The standard InChI is InChI=1S/C14H12BrNO4/c15-12-7-6-11(20-12)14(19)16-10-4-2-1-3-9(10)5-8-13(17)18/h1-4,6-7H,5,8H2,(H,16,19)(H,17,18). The summed E-state index contributed by atoms with van der Waals surface area (Å²) in [7, 11) is 0. The van der Waals surface area contributed by atoms with Crippen LogP contribution in [0, 0.1) is 0 Å². The highest BCUT2D eigenvalue weighted by atomic mass is 79.9. The fraction of sp³-hybridized carbons (Fsp3) is 0.143. The van der Waals surface area contributed by atoms with Gasteiger partial charge in [-0.25, -0.2) is 0 Å². The monoisotopic (exact) mass is 337 g/mol. The Kier molecular flexibility index (Phi) is 4.57. The molecule has 0 fully saturated rings. The summed E-state index contributed by atoms with van der Waals surface area (Å²) in [6, 6.07) is 10.3. The molecular weight excluding hydrogens is 326 g/mol. The van der Waals surface area contributed by atoms with E-state index in [9.17, 15) is 9.59 Å². The molecule has 2 N–H and O–H groups in total. The number of hydrogen-bond acceptors (Lipinski definition) is 3. The van der Waals surface area contributed by atoms with Crippen molar-refractivity contribution in [1.82, 2.24) is 0 Å². The van der Waals surface area contributed by atoms with Crippen LogP contribution < -0.4 is 5.32 Å². The minimum absolute atomic E-state index is 0.0131. The van der Waals surface area contributed by atoms with Crippen molar-refractivity contribution in [3.8, 4) is 0 Å². The molecule has 0 unspecified atom stereocenters. The van der Waals surface area contributed by atoms with Crippen molar-refractivity contribution < 1.29 is 19.1 Å². The summed E-state index contributed by atoms with van der Waals surface area (Å²) in [5.41, 5.74) is 1.36. The topological polar surface area (TPSA) is 79.5 Å². The largest absolute Gasteiger partial charge is 0.481 e. The fourth-order valence-electron chi connectivity index (χ4n) is 1.72. The molecule has 1 aromatic heterocycles. The molecule has 0 aliphatic carbocycles. The summed E-state index contributed by atoms with van der Waals surface area (Å²) in [4.78, 5) is 22.6. The van der Waals surface area contributed by atoms with E-state index in [1.165, 1.54) is 0 Å². The maximum absolute atomic E-state index is 12.0. The first-order chi connectivity index (χ1) is 9.56. The Labute approximate surface area is 123 Å². The quantitative estimate of drug-likeness (QED) is 0.877. The van der Waals surface area contributed by atoms with E-state index in [0.29, 0.717) is 16.8 Å². The van der Waals surface area contributed by atoms with Gasteiger partial charge in [-0.3, -0.25) is 9.59 Å². The zero-order valence-corrected chi connectivity index (χ0v) is 12.0. The van der Waals surface area contributed by atoms with Crippen molar-refractivity contribution in [2.45, 2.75) is 12.8 Å². The van der Waals surface area contributed by atoms with Gasteiger partial charge in [-0.2, -0.15) is 0 Å². The van der Waals surface area contributed by atoms with Gasteiger partial charge in [0.2, 0.25) is 0 Å². The number of rotatable bonds is 5. The summed E-state index contributed by atoms with van der Waals surface area (Å²) in [5.74, 6) is -1.07. The molecule has 0 spiro atoms. The van der Waals surface area contributed by atoms with E-state index < -0.39 is 5.97 Å². The van der Waals surface area contributed by atoms with Gasteiger partial charge in [0.25, 0.3) is 5.91 Å². The Morgan fingerprint density at radius 1 is 1.20 bits per heavy atom. The van der Waals surface area contributed by atoms with Crippen LogP contribution in [0.2, 0.25) is 0 Å². The van der Waals surface area contributed by atoms with E-state index in [0.717, 1.165) is 5.56 Å². The number of carboxylic acid groups (broad SMARTS) is 1. The summed E-state index contributed by atoms with van der Waals surface area (Å²) >= 11 is 3.13. The van der Waals surface area contributed by atoms with Crippen molar-refractivity contribution in [3.05, 3.63) is 52.4 Å². The highest BCUT2D eigenvalue weighted by Gasteiger charge is 2.13. The van der Waals surface area contributed by atoms with E-state index in [1.807, 2.05) is 0 Å². The summed E-state index contributed by atoms with van der Waals surface area (Å²) in [5, 5.41) is 11.4. The normalized spacial score (nSPS) is 10.2. The maximum Gasteiger partial charge on any atom is 0.303 e. The molecule has 0 aliphatic heterocycles. The molecule has 20 heavy (non-hydrogen) atoms. The fourth-order valence-corrected chi connectivity index (χ4v) is 2.03. The van der Waals surface area contributed by atoms with Gasteiger partial charge in [-0.15, -0.1) is 0 Å². The number of amides is 1. The summed E-state index contributed by atoms with van der Waals surface area (Å²) in [6.07, 6.45) is 0.368. The molecule has 2 rings (SSSR count). The molecule has 0 radical (unpaired) electrons. The number of aliphatic carboxylic acids is 1. The van der Waals surface area contributed by atoms with Gasteiger partial charge in [-0.1, -0.05) is 18.2 Å². The molecule has 1 heterocycles. The van der Waals surface area contributed by atoms with Crippen LogP contribution in [-0.4, -0.2) is 17.0 Å². The third-order valence-corrected chi connectivity index (χ3v) is 3.10. The molecule has 0 bridgehead atoms. The molecular formula is C14H12BrNO4. The zero-order chi connectivity index (χ0) is 14.5. The lowest BCUT2D eigenvalue weighted by Crippen LogP contribution is -2.12. The molecule has 0 saturated heterocycles. The molecule has 5 nitrogen and oxygen atoms in total. The zero-order valence-electron chi connectivity index (χ0n) is 10.4. The van der Waals surface area contributed by atoms with E-state index in [-0.39, 0.29) is 18.1 Å². The number of para-hydroxylation sites is 1. The molecule has 1 aromatic carbocycles. The van der Waals surface area contributed by atoms with Crippen molar-refractivity contribution in [2.75, 3.05) is 5.32 Å². The number of carbonyl (C=O) groups is 2. The maximum atomic E-state index is 12.0. The van der Waals surface area contributed by atoms with Gasteiger partial charge in [0.05, 0.1) is 0 Å². The van der Waals surface area contributed by atoms with Crippen LogP contribution in [0.25, 0.3) is 0 Å². The molecule has 0 aliphatic rings. The second kappa shape index (κ2) is 6.38. The van der Waals surface area contributed by atoms with Crippen LogP contribution in [-0.2, 0) is 11.2 Å². The molecule has 0 atom stereocenters. The number of furan rings is 1. The third-order valence-electron chi connectivity index (χ3n) is 2.67. The van der Waals surface area contributed by atoms with Gasteiger partial charge >= 0.3 is 5.97 Å². The van der Waals surface area contributed by atoms with Gasteiger partial charge in [-0.05, 0) is 46.1 Å². The Bertz CT molecular complexity index is 636. The van der Waals surface area contributed by atoms with Gasteiger partial charge in [0.1, 0.15) is 0 Å². The number of nitrogens with one attached hydrogen (secondary N) is 1. The highest BCUT2D eigenvalue weighted by molar-refractivity contribution is 9.10. The number of hydrogen-bond donors (Lipinski definition) is 2. The Balaban J connectivity index is 2.12. The van der Waals surface area contributed by atoms with Crippen molar-refractivity contribution in [1.29, 1.82) is 0 Å². The van der Waals surface area contributed by atoms with Gasteiger partial charge in [0.15, 0.2) is 10.4 Å². The highest BCUT2D eigenvalue weighted by Crippen LogP contribution is 2.20. The molecule has 1 amide bonds. The molecule has 6 heteroatoms. The molecule has 104 valence electrons. The first-order valence-corrected chi connectivity index (χ1v) is 6.72. The van der Waals surface area contributed by atoms with E-state index in [1.54, 1.807) is 36.4 Å². The van der Waals surface area contributed by atoms with Crippen LogP contribution >= 0.6 is 15.9 Å². The van der Waals surface area contributed by atoms with Gasteiger partial charge in [0, 0.05) is 12.1 Å². The first-order valence-electron chi connectivity index (χ1n) is 5.92. The van der Waals surface area contributed by atoms with E-state index in [4.69, 9.17) is 9.52 Å². The number of halogens is 1. The van der Waals surface area contributed by atoms with E-state index in [2.05, 4.69) is 21.2 Å². The smallest absolute Gasteiger partial charge is 0.303 e. The predicted octanol–water partition coefficient (Wildman–Crippen LogP) is 3.31. The van der Waals surface area contributed by atoms with Crippen LogP contribution in [0.1, 0.15) is 22.5 Å². The Morgan fingerprint density at radius 2 is 1.95 bits per heavy atom. The average Bonchev–Trinajstić information content (AvgIpc) is 2.84. The lowest BCUT2D eigenvalue weighted by Gasteiger charge is -2.09. The second-order valence-electron chi connectivity index (χ2n) is 4.11. The number of carbonyl (C=O) groups excluding carboxylic acids is 1. The summed E-state index contributed by atoms with van der Waals surface area (Å²) < 4.78 is 5.64. The second-order valence-corrected chi connectivity index (χ2v) is 4.89. The first kappa shape index (κ1) is 14.3. The average molecular weight is 338 g/mol. The minimum atomic E-state index is -0.874. The Morgan fingerprint density at radius 3 is 2.60 bits per heavy atom. The number of aryl methyl sites for hydroxylation is 1. The third kappa shape index (κ3) is 3.71. The van der Waals surface area contributed by atoms with Crippen molar-refractivity contribution in [3.63, 3.8) is 0 Å². The predicted molar refractivity (Wildman–Crippen MR) is 76.8 cm³/mol. The lowest BCUT2D eigenvalue weighted by atomic mass is 10.1. The van der Waals surface area contributed by atoms with E-state index >= 15 is 0 Å². The van der Waals surface area contributed by atoms with Crippen LogP contribution in [0.4, 0.5) is 5.69 Å². The van der Waals surface area contributed by atoms with Crippen molar-refractivity contribution >= 4 is 33.5 Å². The number of anilines is 1. The van der Waals surface area contributed by atoms with Gasteiger partial charge < -0.3 is 14.8 Å². The minimum Gasteiger partial charge on any atom is -0.481 e. The Hall–Kier alpha value is -2.08. The molecule has 0 saturated carbocycles. The number of carboxylic acids is 1.